The van der Waals surface area contributed by atoms with Crippen molar-refractivity contribution >= 4 is 10.0 Å². The number of likely N-dealkylation sites (tertiary alicyclic amines) is 1. The summed E-state index contributed by atoms with van der Waals surface area (Å²) in [6.07, 6.45) is 5.71. The van der Waals surface area contributed by atoms with Crippen LogP contribution >= 0.6 is 0 Å². The quantitative estimate of drug-likeness (QED) is 0.751. The molecule has 1 N–H and O–H groups in total. The lowest BCUT2D eigenvalue weighted by molar-refractivity contribution is -0.00615. The van der Waals surface area contributed by atoms with Gasteiger partial charge in [0, 0.05) is 37.1 Å². The highest BCUT2D eigenvalue weighted by Gasteiger charge is 2.51. The van der Waals surface area contributed by atoms with E-state index in [4.69, 9.17) is 0 Å². The lowest BCUT2D eigenvalue weighted by Gasteiger charge is -2.58. The summed E-state index contributed by atoms with van der Waals surface area (Å²) in [6.45, 7) is 5.84. The Morgan fingerprint density at radius 2 is 1.87 bits per heavy atom. The van der Waals surface area contributed by atoms with E-state index in [1.807, 2.05) is 12.1 Å². The van der Waals surface area contributed by atoms with Crippen LogP contribution in [0.5, 0.6) is 5.75 Å². The fourth-order valence-corrected chi connectivity index (χ4v) is 8.55. The number of phenols is 1. The van der Waals surface area contributed by atoms with Crippen molar-refractivity contribution < 1.29 is 13.5 Å². The maximum atomic E-state index is 12.6. The zero-order chi connectivity index (χ0) is 22.0. The number of phenolic OH excluding ortho intramolecular Hbond substituents is 1. The van der Waals surface area contributed by atoms with Gasteiger partial charge in [0.25, 0.3) is 0 Å². The lowest BCUT2D eigenvalue weighted by Crippen LogP contribution is -2.66. The normalized spacial score (nSPS) is 32.9. The Balaban J connectivity index is 1.31. The van der Waals surface area contributed by atoms with Crippen molar-refractivity contribution in [1.29, 1.82) is 0 Å². The first-order valence-electron chi connectivity index (χ1n) is 11.9. The van der Waals surface area contributed by atoms with Crippen LogP contribution in [0, 0.1) is 5.92 Å². The van der Waals surface area contributed by atoms with Crippen LogP contribution in [-0.4, -0.2) is 85.2 Å². The number of benzene rings is 1. The zero-order valence-corrected chi connectivity index (χ0v) is 19.9. The van der Waals surface area contributed by atoms with Gasteiger partial charge in [-0.3, -0.25) is 0 Å². The van der Waals surface area contributed by atoms with Crippen molar-refractivity contribution in [2.24, 2.45) is 5.92 Å². The number of likely N-dealkylation sites (N-methyl/N-ethyl adjacent to an activating group) is 2. The second kappa shape index (κ2) is 7.72. The number of aromatic hydroxyl groups is 1. The topological polar surface area (TPSA) is 64.1 Å². The molecule has 1 unspecified atom stereocenters. The highest BCUT2D eigenvalue weighted by atomic mass is 32.2. The number of sulfonamides is 1. The zero-order valence-electron chi connectivity index (χ0n) is 19.1. The molecule has 3 atom stereocenters. The number of piperidine rings is 2. The molecule has 2 aliphatic carbocycles. The molecule has 2 heterocycles. The molecule has 1 aromatic rings. The van der Waals surface area contributed by atoms with Crippen LogP contribution in [-0.2, 0) is 21.9 Å². The third-order valence-electron chi connectivity index (χ3n) is 8.61. The van der Waals surface area contributed by atoms with E-state index >= 15 is 0 Å². The lowest BCUT2D eigenvalue weighted by atomic mass is 9.61. The molecular weight excluding hydrogens is 410 g/mol. The number of nitrogens with zero attached hydrogens (tertiary/aromatic N) is 3. The van der Waals surface area contributed by atoms with Crippen molar-refractivity contribution in [3.63, 3.8) is 0 Å². The van der Waals surface area contributed by atoms with Crippen LogP contribution in [0.2, 0.25) is 0 Å². The first-order valence-corrected chi connectivity index (χ1v) is 13.4. The van der Waals surface area contributed by atoms with Gasteiger partial charge in [-0.25, -0.2) is 12.7 Å². The number of hydrogen-bond acceptors (Lipinski definition) is 5. The molecule has 1 saturated carbocycles. The van der Waals surface area contributed by atoms with E-state index in [-0.39, 0.29) is 10.7 Å². The molecule has 172 valence electrons. The van der Waals surface area contributed by atoms with Crippen molar-refractivity contribution in [2.75, 3.05) is 40.3 Å². The average molecular weight is 448 g/mol. The minimum Gasteiger partial charge on any atom is -0.508 e. The molecule has 0 radical (unpaired) electrons. The molecule has 3 fully saturated rings. The van der Waals surface area contributed by atoms with E-state index in [1.165, 1.54) is 11.1 Å². The highest BCUT2D eigenvalue weighted by Crippen LogP contribution is 2.47. The average Bonchev–Trinajstić information content (AvgIpc) is 3.58. The summed E-state index contributed by atoms with van der Waals surface area (Å²) in [7, 11) is 1.47. The molecule has 4 aliphatic rings. The second-order valence-electron chi connectivity index (χ2n) is 10.7. The molecule has 0 spiro atoms. The van der Waals surface area contributed by atoms with Crippen LogP contribution in [0.1, 0.15) is 50.2 Å². The summed E-state index contributed by atoms with van der Waals surface area (Å²) in [5.41, 5.74) is 2.72. The molecule has 2 saturated heterocycles. The smallest absolute Gasteiger partial charge is 0.216 e. The Morgan fingerprint density at radius 3 is 2.55 bits per heavy atom. The molecular formula is C24H37N3O3S. The summed E-state index contributed by atoms with van der Waals surface area (Å²) < 4.78 is 26.9. The fraction of sp³-hybridized carbons (Fsp3) is 0.750. The van der Waals surface area contributed by atoms with E-state index in [1.54, 1.807) is 4.31 Å². The van der Waals surface area contributed by atoms with Gasteiger partial charge in [0.15, 0.2) is 0 Å². The van der Waals surface area contributed by atoms with Gasteiger partial charge >= 0.3 is 0 Å². The van der Waals surface area contributed by atoms with Crippen LogP contribution in [0.25, 0.3) is 0 Å². The van der Waals surface area contributed by atoms with Crippen molar-refractivity contribution in [3.8, 4) is 5.75 Å². The third-order valence-corrected chi connectivity index (χ3v) is 11.0. The maximum absolute atomic E-state index is 12.6. The molecule has 2 bridgehead atoms. The van der Waals surface area contributed by atoms with E-state index in [0.29, 0.717) is 36.8 Å². The van der Waals surface area contributed by atoms with Gasteiger partial charge < -0.3 is 14.9 Å². The maximum Gasteiger partial charge on any atom is 0.216 e. The van der Waals surface area contributed by atoms with Gasteiger partial charge in [0.1, 0.15) is 5.75 Å². The molecule has 7 heteroatoms. The van der Waals surface area contributed by atoms with Gasteiger partial charge in [0.2, 0.25) is 10.0 Å². The summed E-state index contributed by atoms with van der Waals surface area (Å²) in [5, 5.41) is 10.1. The molecule has 1 aromatic carbocycles. The Bertz CT molecular complexity index is 939. The number of fused-ring (bicyclic) bond motifs is 4. The molecule has 0 aromatic heterocycles. The predicted octanol–water partition coefficient (Wildman–Crippen LogP) is 2.41. The summed E-state index contributed by atoms with van der Waals surface area (Å²) in [6, 6.07) is 6.80. The van der Waals surface area contributed by atoms with Crippen molar-refractivity contribution in [1.82, 2.24) is 14.1 Å². The van der Waals surface area contributed by atoms with Crippen molar-refractivity contribution in [3.05, 3.63) is 29.3 Å². The Kier molecular flexibility index (Phi) is 5.40. The van der Waals surface area contributed by atoms with Crippen LogP contribution in [0.3, 0.4) is 0 Å². The largest absolute Gasteiger partial charge is 0.508 e. The summed E-state index contributed by atoms with van der Waals surface area (Å²) >= 11 is 0. The van der Waals surface area contributed by atoms with Gasteiger partial charge in [-0.05, 0) is 88.3 Å². The predicted molar refractivity (Wildman–Crippen MR) is 123 cm³/mol. The van der Waals surface area contributed by atoms with E-state index in [0.717, 1.165) is 51.6 Å². The van der Waals surface area contributed by atoms with Gasteiger partial charge in [-0.15, -0.1) is 0 Å². The molecule has 6 nitrogen and oxygen atoms in total. The minimum atomic E-state index is -3.04. The highest BCUT2D eigenvalue weighted by molar-refractivity contribution is 7.90. The second-order valence-corrected chi connectivity index (χ2v) is 12.9. The monoisotopic (exact) mass is 447 g/mol. The molecule has 0 amide bonds. The third kappa shape index (κ3) is 3.71. The standard InChI is InChI=1S/C24H37N3O3S/c1-24-10-13-25(2)22(14-18-4-5-19(28)15-21(18)24)23(24)26(3)16-17-8-11-27(12-9-17)31(29,30)20-6-7-20/h4-5,15,17,20,22-23,28H,6-14,16H2,1-3H3/t22-,23+,24?/m1/s1. The van der Waals surface area contributed by atoms with E-state index < -0.39 is 10.0 Å². The Labute approximate surface area is 187 Å². The van der Waals surface area contributed by atoms with E-state index in [2.05, 4.69) is 36.9 Å². The number of rotatable bonds is 5. The minimum absolute atomic E-state index is 0.0221. The van der Waals surface area contributed by atoms with Crippen molar-refractivity contribution in [2.45, 2.75) is 68.2 Å². The van der Waals surface area contributed by atoms with Gasteiger partial charge in [-0.2, -0.15) is 0 Å². The van der Waals surface area contributed by atoms with Gasteiger partial charge in [-0.1, -0.05) is 13.0 Å². The molecule has 2 aliphatic heterocycles. The summed E-state index contributed by atoms with van der Waals surface area (Å²) in [4.78, 5) is 5.08. The Morgan fingerprint density at radius 1 is 1.16 bits per heavy atom. The molecule has 31 heavy (non-hydrogen) atoms. The van der Waals surface area contributed by atoms with Crippen LogP contribution < -0.4 is 0 Å². The first kappa shape index (κ1) is 21.7. The van der Waals surface area contributed by atoms with Crippen LogP contribution in [0.4, 0.5) is 0 Å². The fourth-order valence-electron chi connectivity index (χ4n) is 6.67. The SMILES string of the molecule is CN1CCC2(C)c3cc(O)ccc3C[C@@H]1[C@@H]2N(C)CC1CCN(S(=O)(=O)C2CC2)CC1. The molecule has 5 rings (SSSR count). The van der Waals surface area contributed by atoms with Gasteiger partial charge in [0.05, 0.1) is 5.25 Å². The van der Waals surface area contributed by atoms with Crippen LogP contribution in [0.15, 0.2) is 18.2 Å². The Hall–Kier alpha value is -1.15. The van der Waals surface area contributed by atoms with E-state index in [9.17, 15) is 13.5 Å². The summed E-state index contributed by atoms with van der Waals surface area (Å²) in [5.74, 6) is 0.902. The first-order chi connectivity index (χ1) is 14.7. The number of hydrogen-bond donors (Lipinski definition) is 1.